The number of nitrogens with one attached hydrogen (secondary N) is 1. The van der Waals surface area contributed by atoms with E-state index in [9.17, 15) is 4.39 Å². The number of rotatable bonds is 6. The van der Waals surface area contributed by atoms with E-state index in [1.54, 1.807) is 17.4 Å². The summed E-state index contributed by atoms with van der Waals surface area (Å²) in [6.45, 7) is 4.35. The van der Waals surface area contributed by atoms with Crippen LogP contribution in [0.25, 0.3) is 10.2 Å². The van der Waals surface area contributed by atoms with Crippen LogP contribution >= 0.6 is 20.6 Å². The first-order valence-electron chi connectivity index (χ1n) is 7.65. The molecular formula is C17H19FN3OPS. The largest absolute Gasteiger partial charge is 0.493 e. The highest BCUT2D eigenvalue weighted by Crippen LogP contribution is 2.41. The van der Waals surface area contributed by atoms with Gasteiger partial charge in [0.2, 0.25) is 0 Å². The molecule has 1 aromatic carbocycles. The van der Waals surface area contributed by atoms with Crippen LogP contribution in [0.2, 0.25) is 0 Å². The summed E-state index contributed by atoms with van der Waals surface area (Å²) in [6.07, 6.45) is 1.53. The summed E-state index contributed by atoms with van der Waals surface area (Å²) < 4.78 is 21.3. The number of thiophene rings is 1. The van der Waals surface area contributed by atoms with E-state index in [-0.39, 0.29) is 0 Å². The molecule has 0 saturated carbocycles. The zero-order valence-corrected chi connectivity index (χ0v) is 15.5. The predicted octanol–water partition coefficient (Wildman–Crippen LogP) is 4.72. The molecule has 7 heteroatoms. The monoisotopic (exact) mass is 363 g/mol. The number of nitrogens with zero attached hydrogens (tertiary/aromatic N) is 2. The van der Waals surface area contributed by atoms with Crippen LogP contribution in [0.4, 0.5) is 10.2 Å². The fourth-order valence-electron chi connectivity index (χ4n) is 2.65. The van der Waals surface area contributed by atoms with Gasteiger partial charge in [0.1, 0.15) is 23.3 Å². The van der Waals surface area contributed by atoms with Gasteiger partial charge in [0.05, 0.1) is 16.8 Å². The number of aromatic nitrogens is 2. The molecule has 1 N–H and O–H groups in total. The van der Waals surface area contributed by atoms with Gasteiger partial charge >= 0.3 is 0 Å². The van der Waals surface area contributed by atoms with Crippen LogP contribution in [0.5, 0.6) is 5.75 Å². The van der Waals surface area contributed by atoms with E-state index < -0.39 is 5.41 Å². The van der Waals surface area contributed by atoms with Crippen molar-refractivity contribution < 1.29 is 9.13 Å². The third-order valence-corrected chi connectivity index (χ3v) is 4.79. The standard InChI is InChI=1S/C17H19FN3OPS/c1-3-22-13-6-4-5-11(14(13)17(2,18)23)9-19-16-15-12(7-8-24-15)20-10-21-16/h4-8,10H,3,9,23H2,1-2H3,(H,19,20,21). The second-order valence-corrected chi connectivity index (χ2v) is 7.51. The van der Waals surface area contributed by atoms with Crippen molar-refractivity contribution in [1.82, 2.24) is 9.97 Å². The van der Waals surface area contributed by atoms with E-state index in [1.165, 1.54) is 13.3 Å². The summed E-state index contributed by atoms with van der Waals surface area (Å²) in [5.41, 5.74) is 2.28. The smallest absolute Gasteiger partial charge is 0.149 e. The predicted molar refractivity (Wildman–Crippen MR) is 101 cm³/mol. The molecule has 0 aliphatic heterocycles. The van der Waals surface area contributed by atoms with Crippen molar-refractivity contribution in [3.05, 3.63) is 47.1 Å². The lowest BCUT2D eigenvalue weighted by Crippen LogP contribution is -2.14. The number of hydrogen-bond acceptors (Lipinski definition) is 5. The lowest BCUT2D eigenvalue weighted by atomic mass is 10.0. The highest BCUT2D eigenvalue weighted by atomic mass is 32.1. The molecule has 2 unspecified atom stereocenters. The zero-order valence-electron chi connectivity index (χ0n) is 13.5. The van der Waals surface area contributed by atoms with E-state index in [0.29, 0.717) is 24.5 Å². The minimum absolute atomic E-state index is 0.453. The van der Waals surface area contributed by atoms with Crippen molar-refractivity contribution >= 4 is 36.6 Å². The van der Waals surface area contributed by atoms with Crippen LogP contribution in [0.3, 0.4) is 0 Å². The van der Waals surface area contributed by atoms with Crippen molar-refractivity contribution in [3.8, 4) is 5.75 Å². The van der Waals surface area contributed by atoms with Gasteiger partial charge in [-0.1, -0.05) is 21.4 Å². The van der Waals surface area contributed by atoms with Gasteiger partial charge in [-0.2, -0.15) is 0 Å². The minimum Gasteiger partial charge on any atom is -0.493 e. The molecule has 0 amide bonds. The van der Waals surface area contributed by atoms with Crippen molar-refractivity contribution in [3.63, 3.8) is 0 Å². The van der Waals surface area contributed by atoms with Crippen LogP contribution in [-0.2, 0) is 12.0 Å². The van der Waals surface area contributed by atoms with Crippen LogP contribution in [0.15, 0.2) is 36.0 Å². The molecule has 0 aliphatic rings. The maximum absolute atomic E-state index is 14.7. The van der Waals surface area contributed by atoms with Gasteiger partial charge < -0.3 is 10.1 Å². The van der Waals surface area contributed by atoms with E-state index in [1.807, 2.05) is 30.5 Å². The molecule has 0 aliphatic carbocycles. The lowest BCUT2D eigenvalue weighted by Gasteiger charge is -2.23. The van der Waals surface area contributed by atoms with Crippen molar-refractivity contribution in [2.45, 2.75) is 25.8 Å². The number of anilines is 1. The first-order valence-corrected chi connectivity index (χ1v) is 9.11. The van der Waals surface area contributed by atoms with Crippen molar-refractivity contribution in [2.24, 2.45) is 0 Å². The van der Waals surface area contributed by atoms with Gasteiger partial charge in [-0.15, -0.1) is 11.3 Å². The third kappa shape index (κ3) is 3.50. The highest BCUT2D eigenvalue weighted by Gasteiger charge is 2.27. The zero-order chi connectivity index (χ0) is 17.2. The summed E-state index contributed by atoms with van der Waals surface area (Å²) in [5, 5.41) is 3.70. The Morgan fingerprint density at radius 3 is 2.92 bits per heavy atom. The minimum atomic E-state index is -1.58. The topological polar surface area (TPSA) is 47.0 Å². The second-order valence-electron chi connectivity index (χ2n) is 5.51. The quantitative estimate of drug-likeness (QED) is 0.644. The SMILES string of the molecule is CCOc1cccc(CNc2ncnc3ccsc23)c1C(C)(F)P. The van der Waals surface area contributed by atoms with Gasteiger partial charge in [-0.25, -0.2) is 14.4 Å². The van der Waals surface area contributed by atoms with Gasteiger partial charge in [0.15, 0.2) is 0 Å². The van der Waals surface area contributed by atoms with E-state index in [2.05, 4.69) is 24.5 Å². The van der Waals surface area contributed by atoms with Gasteiger partial charge in [-0.05, 0) is 36.9 Å². The summed E-state index contributed by atoms with van der Waals surface area (Å²) >= 11 is 1.58. The summed E-state index contributed by atoms with van der Waals surface area (Å²) in [4.78, 5) is 8.53. The molecule has 3 rings (SSSR count). The Hall–Kier alpha value is -1.78. The van der Waals surface area contributed by atoms with Gasteiger partial charge in [0.25, 0.3) is 0 Å². The number of benzene rings is 1. The Bertz CT molecular complexity index is 847. The average molecular weight is 363 g/mol. The number of ether oxygens (including phenoxy) is 1. The molecule has 2 heterocycles. The molecule has 2 atom stereocenters. The van der Waals surface area contributed by atoms with Gasteiger partial charge in [0, 0.05) is 12.1 Å². The molecule has 0 fully saturated rings. The molecular weight excluding hydrogens is 344 g/mol. The normalized spacial score (nSPS) is 13.7. The lowest BCUT2D eigenvalue weighted by molar-refractivity contribution is 0.288. The number of hydrogen-bond donors (Lipinski definition) is 1. The first kappa shape index (κ1) is 17.1. The van der Waals surface area contributed by atoms with E-state index >= 15 is 0 Å². The number of alkyl halides is 1. The molecule has 126 valence electrons. The van der Waals surface area contributed by atoms with Crippen molar-refractivity contribution in [1.29, 1.82) is 0 Å². The average Bonchev–Trinajstić information content (AvgIpc) is 3.01. The van der Waals surface area contributed by atoms with Gasteiger partial charge in [-0.3, -0.25) is 0 Å². The van der Waals surface area contributed by atoms with Crippen molar-refractivity contribution in [2.75, 3.05) is 11.9 Å². The highest BCUT2D eigenvalue weighted by molar-refractivity contribution is 7.18. The molecule has 24 heavy (non-hydrogen) atoms. The third-order valence-electron chi connectivity index (χ3n) is 3.59. The summed E-state index contributed by atoms with van der Waals surface area (Å²) in [7, 11) is 2.25. The second kappa shape index (κ2) is 6.99. The van der Waals surface area contributed by atoms with Crippen LogP contribution < -0.4 is 10.1 Å². The molecule has 2 aromatic heterocycles. The molecule has 0 spiro atoms. The summed E-state index contributed by atoms with van der Waals surface area (Å²) in [5.74, 6) is 1.33. The number of halogens is 1. The Morgan fingerprint density at radius 1 is 1.33 bits per heavy atom. The van der Waals surface area contributed by atoms with Crippen LogP contribution in [0.1, 0.15) is 25.0 Å². The Labute approximate surface area is 146 Å². The Morgan fingerprint density at radius 2 is 2.17 bits per heavy atom. The fourth-order valence-corrected chi connectivity index (χ4v) is 3.79. The van der Waals surface area contributed by atoms with Crippen LogP contribution in [0, 0.1) is 0 Å². The maximum atomic E-state index is 14.7. The molecule has 4 nitrogen and oxygen atoms in total. The molecule has 3 aromatic rings. The van der Waals surface area contributed by atoms with E-state index in [4.69, 9.17) is 4.74 Å². The summed E-state index contributed by atoms with van der Waals surface area (Å²) in [6, 6.07) is 7.53. The van der Waals surface area contributed by atoms with E-state index in [0.717, 1.165) is 21.6 Å². The maximum Gasteiger partial charge on any atom is 0.149 e. The fraction of sp³-hybridized carbons (Fsp3) is 0.294. The molecule has 0 radical (unpaired) electrons. The number of fused-ring (bicyclic) bond motifs is 1. The molecule has 0 bridgehead atoms. The Kier molecular flexibility index (Phi) is 4.97. The van der Waals surface area contributed by atoms with Crippen LogP contribution in [-0.4, -0.2) is 16.6 Å². The first-order chi connectivity index (χ1) is 11.5. The Balaban J connectivity index is 1.92. The molecule has 0 saturated heterocycles.